The quantitative estimate of drug-likeness (QED) is 0.00885. The predicted octanol–water partition coefficient (Wildman–Crippen LogP) is 16.2. The van der Waals surface area contributed by atoms with E-state index >= 15 is 0 Å². The van der Waals surface area contributed by atoms with Crippen LogP contribution in [0.1, 0.15) is 120 Å². The smallest absolute Gasteiger partial charge is 0.343 e. The van der Waals surface area contributed by atoms with Gasteiger partial charge < -0.3 is 42.6 Å². The molecule has 0 aliphatic rings. The molecule has 0 fully saturated rings. The van der Waals surface area contributed by atoms with E-state index in [0.717, 1.165) is 165 Å². The zero-order valence-electron chi connectivity index (χ0n) is 51.6. The number of esters is 5. The first-order valence-electron chi connectivity index (χ1n) is 31.2. The lowest BCUT2D eigenvalue weighted by Gasteiger charge is -2.14. The molecule has 1 aromatic heterocycles. The molecule has 8 aromatic rings. The van der Waals surface area contributed by atoms with Gasteiger partial charge in [0.25, 0.3) is 0 Å². The van der Waals surface area contributed by atoms with Crippen molar-refractivity contribution < 1.29 is 66.6 Å². The first-order chi connectivity index (χ1) is 44.5. The lowest BCUT2D eigenvalue weighted by atomic mass is 9.97. The van der Waals surface area contributed by atoms with Gasteiger partial charge in [-0.25, -0.2) is 29.0 Å². The summed E-state index contributed by atoms with van der Waals surface area (Å²) in [6, 6.07) is 49.3. The number of aryl methyl sites for hydroxylation is 4. The maximum atomic E-state index is 13.2. The SMILES string of the molecule is C=CC(=O)OCCCCCCOc1ccc(OC(=O)c2ccc(CCc3ccc4c(c3)nc(Oc3ccc(OCCCCCCOC(=O)C=C)cc3)c3cc(CCc5ccc(C(=O)Oc6ccc(OCCCCCCOC(=O)C=C)cc6)cc5)ccc34)cc2)cc1. The molecule has 0 aliphatic heterocycles. The number of carbonyl (C=O) groups is 5. The molecule has 0 radical (unpaired) electrons. The van der Waals surface area contributed by atoms with E-state index in [4.69, 9.17) is 47.6 Å². The molecule has 15 nitrogen and oxygen atoms in total. The van der Waals surface area contributed by atoms with Crippen LogP contribution in [0, 0.1) is 0 Å². The molecule has 0 unspecified atom stereocenters. The molecule has 0 saturated heterocycles. The maximum Gasteiger partial charge on any atom is 0.343 e. The van der Waals surface area contributed by atoms with Crippen molar-refractivity contribution in [3.63, 3.8) is 0 Å². The molecule has 15 heteroatoms. The van der Waals surface area contributed by atoms with Crippen LogP contribution in [0.3, 0.4) is 0 Å². The molecule has 0 spiro atoms. The number of ether oxygens (including phenoxy) is 9. The van der Waals surface area contributed by atoms with Gasteiger partial charge in [-0.3, -0.25) is 0 Å². The lowest BCUT2D eigenvalue weighted by Crippen LogP contribution is -2.08. The number of unbranched alkanes of at least 4 members (excludes halogenated alkanes) is 9. The van der Waals surface area contributed by atoms with Crippen LogP contribution in [0.5, 0.6) is 40.4 Å². The number of rotatable bonds is 39. The third kappa shape index (κ3) is 22.5. The fourth-order valence-corrected chi connectivity index (χ4v) is 9.84. The highest BCUT2D eigenvalue weighted by molar-refractivity contribution is 6.08. The van der Waals surface area contributed by atoms with Crippen LogP contribution < -0.4 is 28.4 Å². The summed E-state index contributed by atoms with van der Waals surface area (Å²) < 4.78 is 50.9. The van der Waals surface area contributed by atoms with Gasteiger partial charge in [-0.2, -0.15) is 0 Å². The minimum atomic E-state index is -0.453. The summed E-state index contributed by atoms with van der Waals surface area (Å²) in [5.41, 5.74) is 6.01. The number of pyridine rings is 1. The van der Waals surface area contributed by atoms with Gasteiger partial charge in [-0.05, 0) is 240 Å². The van der Waals surface area contributed by atoms with Crippen molar-refractivity contribution in [1.29, 1.82) is 0 Å². The number of benzene rings is 7. The zero-order chi connectivity index (χ0) is 63.8. The van der Waals surface area contributed by atoms with E-state index in [2.05, 4.69) is 56.1 Å². The number of aromatic nitrogens is 1. The van der Waals surface area contributed by atoms with E-state index in [1.165, 1.54) is 6.08 Å². The van der Waals surface area contributed by atoms with Crippen molar-refractivity contribution in [2.75, 3.05) is 39.6 Å². The Bertz CT molecular complexity index is 3670. The molecule has 0 N–H and O–H groups in total. The maximum absolute atomic E-state index is 13.2. The Morgan fingerprint density at radius 1 is 0.330 bits per heavy atom. The van der Waals surface area contributed by atoms with Gasteiger partial charge in [0, 0.05) is 29.0 Å². The molecular weight excluding hydrogens is 1150 g/mol. The van der Waals surface area contributed by atoms with Crippen molar-refractivity contribution in [2.24, 2.45) is 0 Å². The third-order valence-corrected chi connectivity index (χ3v) is 14.9. The fourth-order valence-electron chi connectivity index (χ4n) is 9.84. The summed E-state index contributed by atoms with van der Waals surface area (Å²) in [6.45, 7) is 13.0. The molecule has 91 heavy (non-hydrogen) atoms. The lowest BCUT2D eigenvalue weighted by molar-refractivity contribution is -0.138. The Labute approximate surface area is 532 Å². The normalized spacial score (nSPS) is 10.9. The summed E-state index contributed by atoms with van der Waals surface area (Å²) in [6.07, 6.45) is 17.0. The molecule has 472 valence electrons. The Balaban J connectivity index is 0.858. The van der Waals surface area contributed by atoms with E-state index < -0.39 is 29.8 Å². The number of hydrogen-bond acceptors (Lipinski definition) is 15. The second-order valence-corrected chi connectivity index (χ2v) is 21.7. The van der Waals surface area contributed by atoms with Crippen molar-refractivity contribution in [3.05, 3.63) is 229 Å². The van der Waals surface area contributed by atoms with E-state index in [0.29, 0.717) is 85.4 Å². The van der Waals surface area contributed by atoms with E-state index in [9.17, 15) is 24.0 Å². The monoisotopic (exact) mass is 1230 g/mol. The van der Waals surface area contributed by atoms with Crippen LogP contribution in [-0.2, 0) is 54.3 Å². The largest absolute Gasteiger partial charge is 0.494 e. The zero-order valence-corrected chi connectivity index (χ0v) is 51.6. The molecule has 0 saturated carbocycles. The van der Waals surface area contributed by atoms with Gasteiger partial charge >= 0.3 is 29.8 Å². The summed E-state index contributed by atoms with van der Waals surface area (Å²) >= 11 is 0. The van der Waals surface area contributed by atoms with Gasteiger partial charge in [0.1, 0.15) is 34.5 Å². The van der Waals surface area contributed by atoms with Gasteiger partial charge in [-0.1, -0.05) is 68.3 Å². The first-order valence-corrected chi connectivity index (χ1v) is 31.2. The Morgan fingerprint density at radius 3 is 1.05 bits per heavy atom. The molecule has 0 atom stereocenters. The Morgan fingerprint density at radius 2 is 0.659 bits per heavy atom. The topological polar surface area (TPSA) is 181 Å². The Hall–Kier alpha value is -10.0. The van der Waals surface area contributed by atoms with Crippen molar-refractivity contribution in [2.45, 2.75) is 103 Å². The second-order valence-electron chi connectivity index (χ2n) is 21.7. The number of carbonyl (C=O) groups excluding carboxylic acids is 5. The minimum Gasteiger partial charge on any atom is -0.494 e. The minimum absolute atomic E-state index is 0.381. The van der Waals surface area contributed by atoms with Crippen molar-refractivity contribution >= 4 is 51.5 Å². The molecule has 0 amide bonds. The summed E-state index contributed by atoms with van der Waals surface area (Å²) in [5, 5.41) is 2.87. The average molecular weight is 1230 g/mol. The first kappa shape index (κ1) is 66.9. The van der Waals surface area contributed by atoms with Crippen molar-refractivity contribution in [1.82, 2.24) is 4.98 Å². The standard InChI is InChI=1S/C76H79NO14/c1-4-71(78)86-50-16-10-7-13-47-83-61-33-39-64(40-34-61)89-74-69-53-57(21-19-55-23-29-59(30-24-55)75(81)90-65-41-35-62(36-42-65)84-48-14-8-11-17-51-87-72(79)5-2)27-45-67(69)68-46-28-58(54-70(68)77-74)22-20-56-25-31-60(32-26-56)76(82)91-66-43-37-63(38-44-66)85-49-15-9-12-18-52-88-73(80)6-3/h4-6,23-46,53-54H,1-3,7-22,47-52H2. The van der Waals surface area contributed by atoms with E-state index in [-0.39, 0.29) is 0 Å². The van der Waals surface area contributed by atoms with Crippen LogP contribution >= 0.6 is 0 Å². The summed E-state index contributed by atoms with van der Waals surface area (Å²) in [4.78, 5) is 65.1. The predicted molar refractivity (Wildman–Crippen MR) is 352 cm³/mol. The van der Waals surface area contributed by atoms with Gasteiger partial charge in [0.05, 0.1) is 56.3 Å². The van der Waals surface area contributed by atoms with Crippen LogP contribution in [0.15, 0.2) is 196 Å². The molecule has 0 bridgehead atoms. The molecular formula is C76H79NO14. The average Bonchev–Trinajstić information content (AvgIpc) is 0.836. The number of fused-ring (bicyclic) bond motifs is 3. The molecule has 7 aromatic carbocycles. The van der Waals surface area contributed by atoms with Crippen LogP contribution in [0.25, 0.3) is 21.7 Å². The summed E-state index contributed by atoms with van der Waals surface area (Å²) in [5.74, 6) is 1.91. The van der Waals surface area contributed by atoms with E-state index in [1.807, 2.05) is 48.5 Å². The number of nitrogens with zero attached hydrogens (tertiary/aromatic N) is 1. The molecule has 1 heterocycles. The van der Waals surface area contributed by atoms with Crippen molar-refractivity contribution in [3.8, 4) is 40.4 Å². The van der Waals surface area contributed by atoms with Gasteiger partial charge in [0.2, 0.25) is 5.88 Å². The fraction of sp³-hybridized carbons (Fsp3) is 0.289. The molecule has 8 rings (SSSR count). The van der Waals surface area contributed by atoms with Crippen LogP contribution in [0.4, 0.5) is 0 Å². The highest BCUT2D eigenvalue weighted by Crippen LogP contribution is 2.36. The van der Waals surface area contributed by atoms with Gasteiger partial charge in [-0.15, -0.1) is 0 Å². The van der Waals surface area contributed by atoms with Gasteiger partial charge in [0.15, 0.2) is 0 Å². The summed E-state index contributed by atoms with van der Waals surface area (Å²) in [7, 11) is 0. The third-order valence-electron chi connectivity index (χ3n) is 14.9. The highest BCUT2D eigenvalue weighted by atomic mass is 16.6. The highest BCUT2D eigenvalue weighted by Gasteiger charge is 2.16. The van der Waals surface area contributed by atoms with Crippen LogP contribution in [0.2, 0.25) is 0 Å². The molecule has 0 aliphatic carbocycles. The second kappa shape index (κ2) is 36.5. The number of hydrogen-bond donors (Lipinski definition) is 0. The van der Waals surface area contributed by atoms with E-state index in [1.54, 1.807) is 72.8 Å². The van der Waals surface area contributed by atoms with Crippen LogP contribution in [-0.4, -0.2) is 74.5 Å². The Kier molecular flexibility index (Phi) is 26.8.